The fourth-order valence-corrected chi connectivity index (χ4v) is 3.31. The highest BCUT2D eigenvalue weighted by Gasteiger charge is 2.22. The summed E-state index contributed by atoms with van der Waals surface area (Å²) in [7, 11) is -2.64. The molecule has 0 amide bonds. The highest BCUT2D eigenvalue weighted by molar-refractivity contribution is 7.91. The van der Waals surface area contributed by atoms with Crippen molar-refractivity contribution in [2.45, 2.75) is 39.0 Å². The predicted molar refractivity (Wildman–Crippen MR) is 50.9 cm³/mol. The van der Waals surface area contributed by atoms with Crippen LogP contribution in [0.1, 0.15) is 39.0 Å². The molecule has 1 heterocycles. The Balaban J connectivity index is 2.27. The first kappa shape index (κ1) is 10.0. The van der Waals surface area contributed by atoms with E-state index in [1.165, 1.54) is 19.3 Å². The van der Waals surface area contributed by atoms with E-state index < -0.39 is 9.84 Å². The highest BCUT2D eigenvalue weighted by Crippen LogP contribution is 2.23. The van der Waals surface area contributed by atoms with Crippen LogP contribution >= 0.6 is 0 Å². The summed E-state index contributed by atoms with van der Waals surface area (Å²) in [5.41, 5.74) is 0. The van der Waals surface area contributed by atoms with Crippen molar-refractivity contribution in [3.8, 4) is 0 Å². The normalized spacial score (nSPS) is 24.1. The molecule has 0 N–H and O–H groups in total. The molecule has 1 rings (SSSR count). The molecule has 1 saturated heterocycles. The van der Waals surface area contributed by atoms with Crippen LogP contribution in [0.3, 0.4) is 0 Å². The lowest BCUT2D eigenvalue weighted by Gasteiger charge is -2.21. The van der Waals surface area contributed by atoms with E-state index in [1.807, 2.05) is 0 Å². The quantitative estimate of drug-likeness (QED) is 0.682. The minimum Gasteiger partial charge on any atom is -0.229 e. The first-order chi connectivity index (χ1) is 5.64. The maximum Gasteiger partial charge on any atom is 0.150 e. The van der Waals surface area contributed by atoms with E-state index in [-0.39, 0.29) is 0 Å². The predicted octanol–water partition coefficient (Wildman–Crippen LogP) is 2.00. The van der Waals surface area contributed by atoms with Gasteiger partial charge in [-0.25, -0.2) is 8.42 Å². The maximum atomic E-state index is 11.1. The number of unbranched alkanes of at least 4 members (excludes halogenated alkanes) is 1. The Morgan fingerprint density at radius 1 is 1.25 bits per heavy atom. The van der Waals surface area contributed by atoms with Gasteiger partial charge in [0.2, 0.25) is 0 Å². The largest absolute Gasteiger partial charge is 0.229 e. The first-order valence-corrected chi connectivity index (χ1v) is 6.66. The maximum absolute atomic E-state index is 11.1. The van der Waals surface area contributed by atoms with Crippen LogP contribution in [-0.2, 0) is 9.84 Å². The third-order valence-corrected chi connectivity index (χ3v) is 4.36. The molecule has 0 aromatic rings. The van der Waals surface area contributed by atoms with Crippen LogP contribution in [0, 0.1) is 5.92 Å². The number of sulfone groups is 1. The van der Waals surface area contributed by atoms with E-state index in [4.69, 9.17) is 0 Å². The van der Waals surface area contributed by atoms with Crippen LogP contribution < -0.4 is 0 Å². The molecule has 1 aliphatic heterocycles. The second-order valence-corrected chi connectivity index (χ2v) is 6.04. The number of hydrogen-bond donors (Lipinski definition) is 0. The van der Waals surface area contributed by atoms with Gasteiger partial charge in [-0.05, 0) is 18.8 Å². The summed E-state index contributed by atoms with van der Waals surface area (Å²) >= 11 is 0. The molecule has 12 heavy (non-hydrogen) atoms. The molecule has 0 aliphatic carbocycles. The van der Waals surface area contributed by atoms with Gasteiger partial charge >= 0.3 is 0 Å². The van der Waals surface area contributed by atoms with Crippen molar-refractivity contribution in [3.05, 3.63) is 0 Å². The van der Waals surface area contributed by atoms with E-state index >= 15 is 0 Å². The van der Waals surface area contributed by atoms with Gasteiger partial charge in [0, 0.05) is 0 Å². The number of rotatable bonds is 3. The van der Waals surface area contributed by atoms with E-state index in [9.17, 15) is 8.42 Å². The SMILES string of the molecule is CCCCC1CCS(=O)(=O)CC1. The molecule has 0 bridgehead atoms. The van der Waals surface area contributed by atoms with Crippen molar-refractivity contribution in [1.29, 1.82) is 0 Å². The lowest BCUT2D eigenvalue weighted by Crippen LogP contribution is -2.23. The third kappa shape index (κ3) is 3.13. The molecule has 0 aromatic carbocycles. The van der Waals surface area contributed by atoms with Gasteiger partial charge in [-0.2, -0.15) is 0 Å². The Labute approximate surface area is 75.3 Å². The van der Waals surface area contributed by atoms with E-state index in [0.29, 0.717) is 17.4 Å². The average molecular weight is 190 g/mol. The van der Waals surface area contributed by atoms with Gasteiger partial charge in [0.15, 0.2) is 0 Å². The molecular formula is C9H18O2S. The molecule has 0 saturated carbocycles. The van der Waals surface area contributed by atoms with E-state index in [1.54, 1.807) is 0 Å². The molecule has 0 unspecified atom stereocenters. The monoisotopic (exact) mass is 190 g/mol. The summed E-state index contributed by atoms with van der Waals surface area (Å²) in [6.07, 6.45) is 5.52. The van der Waals surface area contributed by atoms with Crippen molar-refractivity contribution in [1.82, 2.24) is 0 Å². The standard InChI is InChI=1S/C9H18O2S/c1-2-3-4-9-5-7-12(10,11)8-6-9/h9H,2-8H2,1H3. The summed E-state index contributed by atoms with van der Waals surface area (Å²) in [5.74, 6) is 1.55. The molecular weight excluding hydrogens is 172 g/mol. The summed E-state index contributed by atoms with van der Waals surface area (Å²) in [4.78, 5) is 0. The zero-order valence-corrected chi connectivity index (χ0v) is 8.57. The summed E-state index contributed by atoms with van der Waals surface area (Å²) in [5, 5.41) is 0. The van der Waals surface area contributed by atoms with Gasteiger partial charge in [-0.1, -0.05) is 26.2 Å². The Kier molecular flexibility index (Phi) is 3.56. The molecule has 2 nitrogen and oxygen atoms in total. The fraction of sp³-hybridized carbons (Fsp3) is 1.00. The molecule has 0 radical (unpaired) electrons. The Morgan fingerprint density at radius 2 is 1.83 bits per heavy atom. The summed E-state index contributed by atoms with van der Waals surface area (Å²) in [6, 6.07) is 0. The second kappa shape index (κ2) is 4.26. The lowest BCUT2D eigenvalue weighted by molar-refractivity contribution is 0.421. The van der Waals surface area contributed by atoms with Crippen molar-refractivity contribution in [2.75, 3.05) is 11.5 Å². The Hall–Kier alpha value is -0.0500. The average Bonchev–Trinajstić information content (AvgIpc) is 2.03. The van der Waals surface area contributed by atoms with Gasteiger partial charge in [-0.15, -0.1) is 0 Å². The zero-order valence-electron chi connectivity index (χ0n) is 7.75. The minimum absolute atomic E-state index is 0.432. The Bertz CT molecular complexity index is 205. The molecule has 3 heteroatoms. The van der Waals surface area contributed by atoms with Crippen molar-refractivity contribution >= 4 is 9.84 Å². The van der Waals surface area contributed by atoms with Crippen LogP contribution in [-0.4, -0.2) is 19.9 Å². The van der Waals surface area contributed by atoms with Crippen LogP contribution in [0.25, 0.3) is 0 Å². The van der Waals surface area contributed by atoms with Crippen molar-refractivity contribution in [3.63, 3.8) is 0 Å². The first-order valence-electron chi connectivity index (χ1n) is 4.84. The third-order valence-electron chi connectivity index (χ3n) is 2.64. The fourth-order valence-electron chi connectivity index (χ4n) is 1.72. The molecule has 1 aliphatic rings. The van der Waals surface area contributed by atoms with Crippen molar-refractivity contribution < 1.29 is 8.42 Å². The minimum atomic E-state index is -2.64. The zero-order chi connectivity index (χ0) is 9.03. The van der Waals surface area contributed by atoms with Gasteiger partial charge in [0.25, 0.3) is 0 Å². The van der Waals surface area contributed by atoms with E-state index in [2.05, 4.69) is 6.92 Å². The van der Waals surface area contributed by atoms with Crippen LogP contribution in [0.4, 0.5) is 0 Å². The molecule has 0 spiro atoms. The van der Waals surface area contributed by atoms with Gasteiger partial charge < -0.3 is 0 Å². The lowest BCUT2D eigenvalue weighted by atomic mass is 9.96. The van der Waals surface area contributed by atoms with Crippen molar-refractivity contribution in [2.24, 2.45) is 5.92 Å². The van der Waals surface area contributed by atoms with Crippen LogP contribution in [0.5, 0.6) is 0 Å². The molecule has 0 aromatic heterocycles. The summed E-state index contributed by atoms with van der Waals surface area (Å²) in [6.45, 7) is 2.18. The topological polar surface area (TPSA) is 34.1 Å². The Morgan fingerprint density at radius 3 is 2.33 bits per heavy atom. The smallest absolute Gasteiger partial charge is 0.150 e. The van der Waals surface area contributed by atoms with Gasteiger partial charge in [-0.3, -0.25) is 0 Å². The van der Waals surface area contributed by atoms with E-state index in [0.717, 1.165) is 12.8 Å². The second-order valence-electron chi connectivity index (χ2n) is 3.74. The number of hydrogen-bond acceptors (Lipinski definition) is 2. The van der Waals surface area contributed by atoms with Gasteiger partial charge in [0.1, 0.15) is 9.84 Å². The van der Waals surface area contributed by atoms with Crippen LogP contribution in [0.15, 0.2) is 0 Å². The molecule has 0 atom stereocenters. The van der Waals surface area contributed by atoms with Crippen LogP contribution in [0.2, 0.25) is 0 Å². The molecule has 72 valence electrons. The summed E-state index contributed by atoms with van der Waals surface area (Å²) < 4.78 is 22.1. The molecule has 1 fully saturated rings. The highest BCUT2D eigenvalue weighted by atomic mass is 32.2. The van der Waals surface area contributed by atoms with Gasteiger partial charge in [0.05, 0.1) is 11.5 Å².